The van der Waals surface area contributed by atoms with Crippen molar-refractivity contribution in [1.82, 2.24) is 4.90 Å². The smallest absolute Gasteiger partial charge is 0.00503 e. The molecule has 12 heavy (non-hydrogen) atoms. The molecule has 2 nitrogen and oxygen atoms in total. The van der Waals surface area contributed by atoms with Crippen LogP contribution in [0.3, 0.4) is 0 Å². The van der Waals surface area contributed by atoms with Gasteiger partial charge in [0.25, 0.3) is 0 Å². The lowest BCUT2D eigenvalue weighted by atomic mass is 10.1. The third-order valence-corrected chi connectivity index (χ3v) is 4.00. The molecule has 0 aromatic rings. The summed E-state index contributed by atoms with van der Waals surface area (Å²) in [6.07, 6.45) is 4.29. The van der Waals surface area contributed by atoms with E-state index < -0.39 is 0 Å². The van der Waals surface area contributed by atoms with E-state index in [0.717, 1.165) is 18.4 Å². The number of rotatable bonds is 3. The highest BCUT2D eigenvalue weighted by Gasteiger charge is 2.49. The van der Waals surface area contributed by atoms with Crippen molar-refractivity contribution >= 4 is 0 Å². The Labute approximate surface area is 74.1 Å². The molecule has 2 heteroatoms. The molecule has 2 atom stereocenters. The van der Waals surface area contributed by atoms with Gasteiger partial charge in [0.05, 0.1) is 0 Å². The number of hydrogen-bond acceptors (Lipinski definition) is 2. The second-order valence-electron chi connectivity index (χ2n) is 5.15. The lowest BCUT2D eigenvalue weighted by molar-refractivity contribution is 0.245. The van der Waals surface area contributed by atoms with E-state index in [2.05, 4.69) is 4.90 Å². The molecule has 0 spiro atoms. The summed E-state index contributed by atoms with van der Waals surface area (Å²) in [5.41, 5.74) is 6.33. The molecular weight excluding hydrogens is 148 g/mol. The third kappa shape index (κ3) is 1.09. The maximum atomic E-state index is 5.77. The maximum Gasteiger partial charge on any atom is 0.00503 e. The van der Waals surface area contributed by atoms with E-state index in [1.165, 1.54) is 38.9 Å². The van der Waals surface area contributed by atoms with Gasteiger partial charge in [0.15, 0.2) is 0 Å². The average molecular weight is 166 g/mol. The molecule has 3 aliphatic rings. The van der Waals surface area contributed by atoms with Gasteiger partial charge in [-0.05, 0) is 43.1 Å². The van der Waals surface area contributed by atoms with Crippen LogP contribution in [0.2, 0.25) is 0 Å². The average Bonchev–Trinajstić information content (AvgIpc) is 2.95. The highest BCUT2D eigenvalue weighted by molar-refractivity contribution is 5.02. The van der Waals surface area contributed by atoms with Crippen LogP contribution < -0.4 is 5.73 Å². The Kier molecular flexibility index (Phi) is 1.37. The topological polar surface area (TPSA) is 29.3 Å². The number of piperidine rings is 1. The molecule has 3 fully saturated rings. The normalized spacial score (nSPS) is 42.8. The molecule has 2 N–H and O–H groups in total. The van der Waals surface area contributed by atoms with Crippen LogP contribution in [0, 0.1) is 17.3 Å². The second kappa shape index (κ2) is 2.24. The zero-order valence-corrected chi connectivity index (χ0v) is 7.63. The molecule has 2 unspecified atom stereocenters. The van der Waals surface area contributed by atoms with Crippen LogP contribution >= 0.6 is 0 Å². The van der Waals surface area contributed by atoms with Crippen molar-refractivity contribution in [2.75, 3.05) is 26.2 Å². The van der Waals surface area contributed by atoms with Crippen LogP contribution in [0.5, 0.6) is 0 Å². The quantitative estimate of drug-likeness (QED) is 0.668. The molecule has 0 aromatic carbocycles. The lowest BCUT2D eigenvalue weighted by Crippen LogP contribution is -2.33. The fourth-order valence-corrected chi connectivity index (χ4v) is 2.70. The molecule has 1 aliphatic heterocycles. The molecule has 0 aromatic heterocycles. The Morgan fingerprint density at radius 1 is 1.25 bits per heavy atom. The second-order valence-corrected chi connectivity index (χ2v) is 5.15. The van der Waals surface area contributed by atoms with Crippen molar-refractivity contribution < 1.29 is 0 Å². The Morgan fingerprint density at radius 2 is 1.92 bits per heavy atom. The van der Waals surface area contributed by atoms with Crippen LogP contribution in [0.25, 0.3) is 0 Å². The lowest BCUT2D eigenvalue weighted by Gasteiger charge is -2.23. The van der Waals surface area contributed by atoms with Gasteiger partial charge in [0.1, 0.15) is 0 Å². The van der Waals surface area contributed by atoms with Crippen LogP contribution in [0.15, 0.2) is 0 Å². The first-order chi connectivity index (χ1) is 5.81. The summed E-state index contributed by atoms with van der Waals surface area (Å²) in [5.74, 6) is 2.16. The van der Waals surface area contributed by atoms with Gasteiger partial charge in [0.2, 0.25) is 0 Å². The van der Waals surface area contributed by atoms with Crippen molar-refractivity contribution in [3.63, 3.8) is 0 Å². The summed E-state index contributed by atoms with van der Waals surface area (Å²) in [7, 11) is 0. The first kappa shape index (κ1) is 7.34. The first-order valence-corrected chi connectivity index (χ1v) is 5.24. The van der Waals surface area contributed by atoms with Gasteiger partial charge in [0, 0.05) is 19.6 Å². The first-order valence-electron chi connectivity index (χ1n) is 5.24. The minimum absolute atomic E-state index is 0.566. The van der Waals surface area contributed by atoms with Gasteiger partial charge in [-0.1, -0.05) is 0 Å². The van der Waals surface area contributed by atoms with E-state index in [1.807, 2.05) is 0 Å². The number of likely N-dealkylation sites (tertiary alicyclic amines) is 1. The van der Waals surface area contributed by atoms with Crippen LogP contribution in [-0.2, 0) is 0 Å². The summed E-state index contributed by atoms with van der Waals surface area (Å²) in [6.45, 7) is 4.98. The van der Waals surface area contributed by atoms with Crippen molar-refractivity contribution in [2.24, 2.45) is 23.0 Å². The fourth-order valence-electron chi connectivity index (χ4n) is 2.70. The van der Waals surface area contributed by atoms with E-state index in [-0.39, 0.29) is 0 Å². The van der Waals surface area contributed by atoms with Crippen LogP contribution in [0.1, 0.15) is 19.3 Å². The summed E-state index contributed by atoms with van der Waals surface area (Å²) in [4.78, 5) is 2.65. The van der Waals surface area contributed by atoms with Gasteiger partial charge in [-0.2, -0.15) is 0 Å². The minimum atomic E-state index is 0.566. The Hall–Kier alpha value is -0.0800. The van der Waals surface area contributed by atoms with Crippen molar-refractivity contribution in [3.05, 3.63) is 0 Å². The Morgan fingerprint density at radius 3 is 2.42 bits per heavy atom. The SMILES string of the molecule is NCC1(CN2CC3CC3C2)CC1. The van der Waals surface area contributed by atoms with E-state index >= 15 is 0 Å². The summed E-state index contributed by atoms with van der Waals surface area (Å²) in [6, 6.07) is 0. The van der Waals surface area contributed by atoms with Gasteiger partial charge >= 0.3 is 0 Å². The van der Waals surface area contributed by atoms with Gasteiger partial charge < -0.3 is 10.6 Å². The van der Waals surface area contributed by atoms with Crippen molar-refractivity contribution in [2.45, 2.75) is 19.3 Å². The minimum Gasteiger partial charge on any atom is -0.330 e. The molecule has 1 saturated heterocycles. The predicted molar refractivity (Wildman–Crippen MR) is 48.8 cm³/mol. The summed E-state index contributed by atoms with van der Waals surface area (Å²) in [5, 5.41) is 0. The molecule has 2 saturated carbocycles. The Bertz CT molecular complexity index is 188. The molecule has 3 rings (SSSR count). The Balaban J connectivity index is 1.55. The number of hydrogen-bond donors (Lipinski definition) is 1. The number of nitrogens with two attached hydrogens (primary N) is 1. The van der Waals surface area contributed by atoms with E-state index in [4.69, 9.17) is 5.73 Å². The van der Waals surface area contributed by atoms with E-state index in [0.29, 0.717) is 5.41 Å². The molecular formula is C10H18N2. The van der Waals surface area contributed by atoms with Gasteiger partial charge in [-0.3, -0.25) is 0 Å². The largest absolute Gasteiger partial charge is 0.330 e. The summed E-state index contributed by atoms with van der Waals surface area (Å²) >= 11 is 0. The third-order valence-electron chi connectivity index (χ3n) is 4.00. The maximum absolute atomic E-state index is 5.77. The van der Waals surface area contributed by atoms with E-state index in [9.17, 15) is 0 Å². The zero-order valence-electron chi connectivity index (χ0n) is 7.63. The van der Waals surface area contributed by atoms with Gasteiger partial charge in [-0.15, -0.1) is 0 Å². The van der Waals surface area contributed by atoms with Crippen molar-refractivity contribution in [3.8, 4) is 0 Å². The number of nitrogens with zero attached hydrogens (tertiary/aromatic N) is 1. The fraction of sp³-hybridized carbons (Fsp3) is 1.00. The highest BCUT2D eigenvalue weighted by Crippen LogP contribution is 2.50. The molecule has 2 aliphatic carbocycles. The van der Waals surface area contributed by atoms with Gasteiger partial charge in [-0.25, -0.2) is 0 Å². The molecule has 0 bridgehead atoms. The van der Waals surface area contributed by atoms with E-state index in [1.54, 1.807) is 0 Å². The zero-order chi connectivity index (χ0) is 8.18. The molecule has 0 amide bonds. The standard InChI is InChI=1S/C10H18N2/c11-6-10(1-2-10)7-12-4-8-3-9(8)5-12/h8-9H,1-7,11H2. The summed E-state index contributed by atoms with van der Waals surface area (Å²) < 4.78 is 0. The highest BCUT2D eigenvalue weighted by atomic mass is 15.2. The van der Waals surface area contributed by atoms with Crippen LogP contribution in [-0.4, -0.2) is 31.1 Å². The monoisotopic (exact) mass is 166 g/mol. The molecule has 68 valence electrons. The van der Waals surface area contributed by atoms with Crippen molar-refractivity contribution in [1.29, 1.82) is 0 Å². The number of fused-ring (bicyclic) bond motifs is 1. The predicted octanol–water partition coefficient (Wildman–Crippen LogP) is 0.677. The molecule has 0 radical (unpaired) electrons. The van der Waals surface area contributed by atoms with Crippen LogP contribution in [0.4, 0.5) is 0 Å². The molecule has 1 heterocycles.